The molecule has 0 fully saturated rings. The highest BCUT2D eigenvalue weighted by Crippen LogP contribution is 2.35. The summed E-state index contributed by atoms with van der Waals surface area (Å²) in [6.45, 7) is -0.451. The first-order valence-corrected chi connectivity index (χ1v) is 11.2. The van der Waals surface area contributed by atoms with E-state index in [1.165, 1.54) is 17.0 Å². The van der Waals surface area contributed by atoms with E-state index in [-0.39, 0.29) is 17.4 Å². The second-order valence-electron chi connectivity index (χ2n) is 7.10. The van der Waals surface area contributed by atoms with Gasteiger partial charge in [0, 0.05) is 42.9 Å². The zero-order chi connectivity index (χ0) is 24.3. The fourth-order valence-electron chi connectivity index (χ4n) is 3.04. The SMILES string of the molecule is Nc1c(-c2cc(Cc3ccc(Oc4cc(F)cc(F)c4)nc3)no2)ccc[n+]1COP(=O)(O)O. The van der Waals surface area contributed by atoms with E-state index in [4.69, 9.17) is 24.8 Å². The minimum absolute atomic E-state index is 0.0113. The number of benzene rings is 1. The number of ether oxygens (including phenoxy) is 1. The van der Waals surface area contributed by atoms with Gasteiger partial charge < -0.3 is 19.0 Å². The number of pyridine rings is 2. The third-order valence-electron chi connectivity index (χ3n) is 4.55. The summed E-state index contributed by atoms with van der Waals surface area (Å²) in [6.07, 6.45) is 3.39. The van der Waals surface area contributed by atoms with Crippen molar-refractivity contribution in [3.63, 3.8) is 0 Å². The van der Waals surface area contributed by atoms with E-state index in [9.17, 15) is 13.3 Å². The van der Waals surface area contributed by atoms with Gasteiger partial charge in [-0.25, -0.2) is 27.4 Å². The van der Waals surface area contributed by atoms with Gasteiger partial charge in [0.15, 0.2) is 5.76 Å². The number of aromatic nitrogens is 3. The van der Waals surface area contributed by atoms with Crippen LogP contribution in [0, 0.1) is 11.6 Å². The largest absolute Gasteiger partial charge is 0.472 e. The molecule has 34 heavy (non-hydrogen) atoms. The molecule has 4 aromatic rings. The van der Waals surface area contributed by atoms with Gasteiger partial charge in [0.1, 0.15) is 22.9 Å². The molecule has 4 N–H and O–H groups in total. The molecule has 0 aliphatic rings. The first kappa shape index (κ1) is 23.5. The number of hydrogen-bond acceptors (Lipinski definition) is 7. The van der Waals surface area contributed by atoms with Crippen molar-refractivity contribution >= 4 is 13.6 Å². The highest BCUT2D eigenvalue weighted by atomic mass is 31.2. The Balaban J connectivity index is 1.44. The molecule has 13 heteroatoms. The van der Waals surface area contributed by atoms with Crippen molar-refractivity contribution in [3.05, 3.63) is 83.8 Å². The highest BCUT2D eigenvalue weighted by Gasteiger charge is 2.20. The average molecular weight is 491 g/mol. The number of nitrogen functional groups attached to an aromatic ring is 1. The molecule has 1 aromatic carbocycles. The van der Waals surface area contributed by atoms with Crippen LogP contribution in [0.25, 0.3) is 11.3 Å². The van der Waals surface area contributed by atoms with Crippen LogP contribution in [0.2, 0.25) is 0 Å². The molecule has 0 aliphatic heterocycles. The Labute approximate surface area is 191 Å². The third kappa shape index (κ3) is 6.00. The fraction of sp³-hybridized carbons (Fsp3) is 0.0952. The number of nitrogens with two attached hydrogens (primary N) is 1. The van der Waals surface area contributed by atoms with Crippen molar-refractivity contribution < 1.29 is 41.5 Å². The summed E-state index contributed by atoms with van der Waals surface area (Å²) < 4.78 is 54.1. The summed E-state index contributed by atoms with van der Waals surface area (Å²) in [6, 6.07) is 11.1. The average Bonchev–Trinajstić information content (AvgIpc) is 3.21. The molecular weight excluding hydrogens is 473 g/mol. The van der Waals surface area contributed by atoms with Crippen molar-refractivity contribution in [3.8, 4) is 23.0 Å². The lowest BCUT2D eigenvalue weighted by molar-refractivity contribution is -0.711. The molecule has 176 valence electrons. The summed E-state index contributed by atoms with van der Waals surface area (Å²) in [5.41, 5.74) is 7.87. The molecule has 0 bridgehead atoms. The molecule has 0 radical (unpaired) electrons. The zero-order valence-corrected chi connectivity index (χ0v) is 18.2. The van der Waals surface area contributed by atoms with Crippen LogP contribution in [-0.4, -0.2) is 19.9 Å². The van der Waals surface area contributed by atoms with Gasteiger partial charge in [0.25, 0.3) is 5.82 Å². The van der Waals surface area contributed by atoms with Crippen molar-refractivity contribution in [1.29, 1.82) is 0 Å². The van der Waals surface area contributed by atoms with Crippen LogP contribution in [0.5, 0.6) is 11.6 Å². The van der Waals surface area contributed by atoms with Crippen LogP contribution in [-0.2, 0) is 22.2 Å². The molecule has 0 saturated carbocycles. The van der Waals surface area contributed by atoms with Crippen LogP contribution in [0.3, 0.4) is 0 Å². The number of phosphoric acid groups is 1. The molecule has 0 atom stereocenters. The second-order valence-corrected chi connectivity index (χ2v) is 8.34. The Kier molecular flexibility index (Phi) is 6.66. The van der Waals surface area contributed by atoms with E-state index in [0.717, 1.165) is 23.8 Å². The van der Waals surface area contributed by atoms with Gasteiger partial charge in [-0.15, -0.1) is 0 Å². The lowest BCUT2D eigenvalue weighted by Crippen LogP contribution is -2.38. The number of rotatable bonds is 8. The van der Waals surface area contributed by atoms with Gasteiger partial charge in [-0.2, -0.15) is 0 Å². The summed E-state index contributed by atoms with van der Waals surface area (Å²) in [5, 5.41) is 4.02. The Morgan fingerprint density at radius 1 is 1.12 bits per heavy atom. The van der Waals surface area contributed by atoms with Crippen LogP contribution in [0.1, 0.15) is 11.3 Å². The molecule has 0 saturated heterocycles. The van der Waals surface area contributed by atoms with Gasteiger partial charge in [-0.1, -0.05) is 11.2 Å². The summed E-state index contributed by atoms with van der Waals surface area (Å²) in [5.74, 6) is -0.856. The second kappa shape index (κ2) is 9.65. The monoisotopic (exact) mass is 491 g/mol. The van der Waals surface area contributed by atoms with Gasteiger partial charge in [0.05, 0.1) is 11.9 Å². The van der Waals surface area contributed by atoms with Crippen LogP contribution >= 0.6 is 7.82 Å². The van der Waals surface area contributed by atoms with E-state index in [2.05, 4.69) is 14.7 Å². The van der Waals surface area contributed by atoms with E-state index < -0.39 is 26.2 Å². The van der Waals surface area contributed by atoms with E-state index in [0.29, 0.717) is 23.4 Å². The number of halogens is 2. The quantitative estimate of drug-likeness (QED) is 0.250. The van der Waals surface area contributed by atoms with E-state index in [1.54, 1.807) is 30.3 Å². The Bertz CT molecular complexity index is 1340. The van der Waals surface area contributed by atoms with Gasteiger partial charge in [-0.05, 0) is 17.7 Å². The molecule has 0 spiro atoms. The first-order chi connectivity index (χ1) is 16.2. The van der Waals surface area contributed by atoms with Crippen LogP contribution in [0.15, 0.2) is 65.4 Å². The summed E-state index contributed by atoms with van der Waals surface area (Å²) in [4.78, 5) is 21.9. The summed E-state index contributed by atoms with van der Waals surface area (Å²) in [7, 11) is -4.66. The molecular formula is C21H18F2N4O6P+. The molecule has 3 heterocycles. The van der Waals surface area contributed by atoms with Crippen molar-refractivity contribution in [2.75, 3.05) is 5.73 Å². The highest BCUT2D eigenvalue weighted by molar-refractivity contribution is 7.46. The lowest BCUT2D eigenvalue weighted by atomic mass is 10.1. The predicted octanol–water partition coefficient (Wildman–Crippen LogP) is 3.33. The van der Waals surface area contributed by atoms with Crippen LogP contribution < -0.4 is 15.0 Å². The number of hydrogen-bond donors (Lipinski definition) is 3. The summed E-state index contributed by atoms with van der Waals surface area (Å²) >= 11 is 0. The molecule has 10 nitrogen and oxygen atoms in total. The minimum Gasteiger partial charge on any atom is -0.439 e. The lowest BCUT2D eigenvalue weighted by Gasteiger charge is -2.07. The van der Waals surface area contributed by atoms with Crippen molar-refractivity contribution in [2.45, 2.75) is 13.2 Å². The zero-order valence-electron chi connectivity index (χ0n) is 17.3. The van der Waals surface area contributed by atoms with Crippen LogP contribution in [0.4, 0.5) is 14.6 Å². The van der Waals surface area contributed by atoms with E-state index in [1.807, 2.05) is 0 Å². The van der Waals surface area contributed by atoms with Crippen molar-refractivity contribution in [1.82, 2.24) is 10.1 Å². The standard InChI is InChI=1S/C21H17F2N4O6P/c22-14-7-15(23)9-17(8-14)32-20-4-3-13(11-25-20)6-16-10-19(33-26-16)18-2-1-5-27(21(18)24)12-31-34(28,29)30/h1-5,7-11,24H,6,12H2,(H2,28,29,30)/p+1. The van der Waals surface area contributed by atoms with Gasteiger partial charge in [-0.3, -0.25) is 5.73 Å². The normalized spacial score (nSPS) is 11.5. The first-order valence-electron chi connectivity index (χ1n) is 9.69. The molecule has 0 unspecified atom stereocenters. The predicted molar refractivity (Wildman–Crippen MR) is 113 cm³/mol. The van der Waals surface area contributed by atoms with Gasteiger partial charge in [0.2, 0.25) is 12.6 Å². The maximum Gasteiger partial charge on any atom is 0.472 e. The van der Waals surface area contributed by atoms with Crippen molar-refractivity contribution in [2.24, 2.45) is 0 Å². The Morgan fingerprint density at radius 2 is 1.88 bits per heavy atom. The maximum absolute atomic E-state index is 13.3. The number of anilines is 1. The smallest absolute Gasteiger partial charge is 0.439 e. The molecule has 0 aliphatic carbocycles. The van der Waals surface area contributed by atoms with Gasteiger partial charge >= 0.3 is 7.82 Å². The Hall–Kier alpha value is -3.70. The number of phosphoric ester groups is 1. The third-order valence-corrected chi connectivity index (χ3v) is 5.00. The molecule has 4 rings (SSSR count). The topological polar surface area (TPSA) is 145 Å². The number of nitrogens with zero attached hydrogens (tertiary/aromatic N) is 3. The molecule has 0 amide bonds. The maximum atomic E-state index is 13.3. The minimum atomic E-state index is -4.66. The Morgan fingerprint density at radius 3 is 2.56 bits per heavy atom. The fourth-order valence-corrected chi connectivity index (χ4v) is 3.31. The molecule has 3 aromatic heterocycles. The van der Waals surface area contributed by atoms with E-state index >= 15 is 0 Å².